The van der Waals surface area contributed by atoms with E-state index in [1.807, 2.05) is 0 Å². The summed E-state index contributed by atoms with van der Waals surface area (Å²) in [6.45, 7) is 1.97. The second-order valence-corrected chi connectivity index (χ2v) is 6.59. The molecule has 1 aromatic rings. The fourth-order valence-electron chi connectivity index (χ4n) is 1.53. The molecule has 0 aliphatic heterocycles. The quantitative estimate of drug-likeness (QED) is 0.725. The lowest BCUT2D eigenvalue weighted by Crippen LogP contribution is -2.38. The van der Waals surface area contributed by atoms with Crippen molar-refractivity contribution in [3.63, 3.8) is 0 Å². The van der Waals surface area contributed by atoms with Crippen molar-refractivity contribution in [1.82, 2.24) is 9.62 Å². The van der Waals surface area contributed by atoms with Gasteiger partial charge in [0, 0.05) is 19.2 Å². The van der Waals surface area contributed by atoms with Gasteiger partial charge in [0.05, 0.1) is 11.4 Å². The van der Waals surface area contributed by atoms with E-state index in [4.69, 9.17) is 18.0 Å². The SMILES string of the molecule is CCNC(=O)CN(C)S(=O)(=O)c1cccc(C(N)=S)c1. The summed E-state index contributed by atoms with van der Waals surface area (Å²) in [4.78, 5) is 11.6. The van der Waals surface area contributed by atoms with Crippen LogP contribution in [0.3, 0.4) is 0 Å². The molecule has 1 aromatic carbocycles. The maximum atomic E-state index is 12.3. The van der Waals surface area contributed by atoms with Gasteiger partial charge in [0.25, 0.3) is 0 Å². The molecular formula is C12H17N3O3S2. The molecule has 0 spiro atoms. The third-order valence-corrected chi connectivity index (χ3v) is 4.60. The lowest BCUT2D eigenvalue weighted by molar-refractivity contribution is -0.121. The third-order valence-electron chi connectivity index (χ3n) is 2.57. The molecule has 110 valence electrons. The van der Waals surface area contributed by atoms with Crippen LogP contribution in [0.5, 0.6) is 0 Å². The molecule has 0 saturated carbocycles. The maximum absolute atomic E-state index is 12.3. The first kappa shape index (κ1) is 16.5. The second-order valence-electron chi connectivity index (χ2n) is 4.11. The summed E-state index contributed by atoms with van der Waals surface area (Å²) < 4.78 is 25.6. The van der Waals surface area contributed by atoms with E-state index in [1.54, 1.807) is 19.1 Å². The van der Waals surface area contributed by atoms with Gasteiger partial charge in [0.15, 0.2) is 0 Å². The second kappa shape index (κ2) is 6.78. The normalized spacial score (nSPS) is 11.3. The van der Waals surface area contributed by atoms with Crippen molar-refractivity contribution in [2.24, 2.45) is 5.73 Å². The van der Waals surface area contributed by atoms with Gasteiger partial charge in [-0.3, -0.25) is 4.79 Å². The van der Waals surface area contributed by atoms with Crippen LogP contribution >= 0.6 is 12.2 Å². The van der Waals surface area contributed by atoms with Crippen molar-refractivity contribution in [2.75, 3.05) is 20.1 Å². The van der Waals surface area contributed by atoms with E-state index >= 15 is 0 Å². The zero-order chi connectivity index (χ0) is 15.3. The molecule has 20 heavy (non-hydrogen) atoms. The van der Waals surface area contributed by atoms with Crippen molar-refractivity contribution in [1.29, 1.82) is 0 Å². The van der Waals surface area contributed by atoms with Crippen molar-refractivity contribution in [3.8, 4) is 0 Å². The minimum Gasteiger partial charge on any atom is -0.389 e. The van der Waals surface area contributed by atoms with Crippen molar-refractivity contribution < 1.29 is 13.2 Å². The minimum absolute atomic E-state index is 0.0506. The number of amides is 1. The highest BCUT2D eigenvalue weighted by atomic mass is 32.2. The zero-order valence-electron chi connectivity index (χ0n) is 11.3. The van der Waals surface area contributed by atoms with E-state index in [0.29, 0.717) is 12.1 Å². The largest absolute Gasteiger partial charge is 0.389 e. The Hall–Kier alpha value is -1.51. The highest BCUT2D eigenvalue weighted by molar-refractivity contribution is 7.89. The number of rotatable bonds is 6. The average Bonchev–Trinajstić information content (AvgIpc) is 2.38. The number of thiocarbonyl (C=S) groups is 1. The first-order valence-corrected chi connectivity index (χ1v) is 7.76. The van der Waals surface area contributed by atoms with Crippen molar-refractivity contribution >= 4 is 33.1 Å². The Bertz CT molecular complexity index is 614. The van der Waals surface area contributed by atoms with Crippen LogP contribution in [0.2, 0.25) is 0 Å². The summed E-state index contributed by atoms with van der Waals surface area (Å²) in [6.07, 6.45) is 0. The van der Waals surface area contributed by atoms with Crippen LogP contribution < -0.4 is 11.1 Å². The predicted molar refractivity (Wildman–Crippen MR) is 80.8 cm³/mol. The Labute approximate surface area is 124 Å². The van der Waals surface area contributed by atoms with Crippen LogP contribution in [-0.2, 0) is 14.8 Å². The third kappa shape index (κ3) is 3.99. The first-order valence-electron chi connectivity index (χ1n) is 5.92. The molecule has 8 heteroatoms. The predicted octanol–water partition coefficient (Wildman–Crippen LogP) is 0.0774. The van der Waals surface area contributed by atoms with Gasteiger partial charge in [-0.1, -0.05) is 24.4 Å². The molecule has 0 aromatic heterocycles. The minimum atomic E-state index is -3.75. The number of hydrogen-bond acceptors (Lipinski definition) is 4. The number of hydrogen-bond donors (Lipinski definition) is 2. The molecule has 6 nitrogen and oxygen atoms in total. The van der Waals surface area contributed by atoms with Crippen molar-refractivity contribution in [3.05, 3.63) is 29.8 Å². The van der Waals surface area contributed by atoms with Crippen LogP contribution in [0.25, 0.3) is 0 Å². The maximum Gasteiger partial charge on any atom is 0.243 e. The van der Waals surface area contributed by atoms with E-state index in [-0.39, 0.29) is 22.3 Å². The molecule has 0 unspecified atom stereocenters. The van der Waals surface area contributed by atoms with Gasteiger partial charge < -0.3 is 11.1 Å². The van der Waals surface area contributed by atoms with Gasteiger partial charge in [-0.05, 0) is 19.1 Å². The molecule has 1 amide bonds. The van der Waals surface area contributed by atoms with Gasteiger partial charge in [-0.25, -0.2) is 8.42 Å². The molecule has 0 fully saturated rings. The molecule has 1 rings (SSSR count). The van der Waals surface area contributed by atoms with Gasteiger partial charge in [0.2, 0.25) is 15.9 Å². The van der Waals surface area contributed by atoms with Crippen LogP contribution in [-0.4, -0.2) is 43.8 Å². The summed E-state index contributed by atoms with van der Waals surface area (Å²) in [5.41, 5.74) is 5.95. The van der Waals surface area contributed by atoms with Gasteiger partial charge in [0.1, 0.15) is 4.99 Å². The molecule has 0 atom stereocenters. The van der Waals surface area contributed by atoms with E-state index in [2.05, 4.69) is 5.32 Å². The number of benzene rings is 1. The van der Waals surface area contributed by atoms with Crippen molar-refractivity contribution in [2.45, 2.75) is 11.8 Å². The summed E-state index contributed by atoms with van der Waals surface area (Å²) in [5, 5.41) is 2.54. The number of sulfonamides is 1. The van der Waals surface area contributed by atoms with Gasteiger partial charge >= 0.3 is 0 Å². The smallest absolute Gasteiger partial charge is 0.243 e. The van der Waals surface area contributed by atoms with E-state index in [1.165, 1.54) is 19.2 Å². The van der Waals surface area contributed by atoms with E-state index < -0.39 is 10.0 Å². The average molecular weight is 315 g/mol. The Morgan fingerprint density at radius 2 is 2.10 bits per heavy atom. The van der Waals surface area contributed by atoms with Crippen LogP contribution in [0, 0.1) is 0 Å². The fourth-order valence-corrected chi connectivity index (χ4v) is 2.83. The Kier molecular flexibility index (Phi) is 5.61. The number of nitrogens with one attached hydrogen (secondary N) is 1. The Morgan fingerprint density at radius 1 is 1.45 bits per heavy atom. The summed E-state index contributed by atoms with van der Waals surface area (Å²) in [7, 11) is -2.41. The molecular weight excluding hydrogens is 298 g/mol. The van der Waals surface area contributed by atoms with Gasteiger partial charge in [-0.2, -0.15) is 4.31 Å². The number of nitrogens with zero attached hydrogens (tertiary/aromatic N) is 1. The monoisotopic (exact) mass is 315 g/mol. The van der Waals surface area contributed by atoms with E-state index in [9.17, 15) is 13.2 Å². The molecule has 0 radical (unpaired) electrons. The molecule has 0 saturated heterocycles. The topological polar surface area (TPSA) is 92.5 Å². The van der Waals surface area contributed by atoms with E-state index in [0.717, 1.165) is 4.31 Å². The zero-order valence-corrected chi connectivity index (χ0v) is 12.9. The number of likely N-dealkylation sites (N-methyl/N-ethyl adjacent to an activating group) is 2. The number of carbonyl (C=O) groups is 1. The molecule has 3 N–H and O–H groups in total. The highest BCUT2D eigenvalue weighted by Gasteiger charge is 2.23. The van der Waals surface area contributed by atoms with Crippen LogP contribution in [0.15, 0.2) is 29.2 Å². The number of carbonyl (C=O) groups excluding carboxylic acids is 1. The molecule has 0 heterocycles. The molecule has 0 aliphatic carbocycles. The lowest BCUT2D eigenvalue weighted by atomic mass is 10.2. The fraction of sp³-hybridized carbons (Fsp3) is 0.333. The number of nitrogens with two attached hydrogens (primary N) is 1. The summed E-state index contributed by atoms with van der Waals surface area (Å²) >= 11 is 4.82. The Balaban J connectivity index is 3.01. The summed E-state index contributed by atoms with van der Waals surface area (Å²) in [5.74, 6) is -0.357. The molecule has 0 aliphatic rings. The highest BCUT2D eigenvalue weighted by Crippen LogP contribution is 2.15. The lowest BCUT2D eigenvalue weighted by Gasteiger charge is -2.17. The van der Waals surface area contributed by atoms with Gasteiger partial charge in [-0.15, -0.1) is 0 Å². The Morgan fingerprint density at radius 3 is 2.65 bits per heavy atom. The summed E-state index contributed by atoms with van der Waals surface area (Å²) in [6, 6.07) is 6.02. The molecule has 0 bridgehead atoms. The standard InChI is InChI=1S/C12H17N3O3S2/c1-3-14-11(16)8-15(2)20(17,18)10-6-4-5-9(7-10)12(13)19/h4-7H,3,8H2,1-2H3,(H2,13,19)(H,14,16). The first-order chi connectivity index (χ1) is 9.28. The van der Waals surface area contributed by atoms with Crippen LogP contribution in [0.4, 0.5) is 0 Å². The van der Waals surface area contributed by atoms with Crippen LogP contribution in [0.1, 0.15) is 12.5 Å².